The van der Waals surface area contributed by atoms with Crippen LogP contribution in [0.3, 0.4) is 0 Å². The topological polar surface area (TPSA) is 75.3 Å². The molecule has 1 rings (SSSR count). The third kappa shape index (κ3) is 6.49. The normalized spacial score (nSPS) is 24.7. The fraction of sp³-hybridized carbons (Fsp3) is 1.00. The van der Waals surface area contributed by atoms with Crippen molar-refractivity contribution in [3.8, 4) is 0 Å². The maximum atomic E-state index is 11.8. The third-order valence-electron chi connectivity index (χ3n) is 2.80. The summed E-state index contributed by atoms with van der Waals surface area (Å²) >= 11 is 0. The highest BCUT2D eigenvalue weighted by Crippen LogP contribution is 2.07. The van der Waals surface area contributed by atoms with Crippen molar-refractivity contribution in [2.75, 3.05) is 24.3 Å². The van der Waals surface area contributed by atoms with Gasteiger partial charge in [0.15, 0.2) is 0 Å². The van der Waals surface area contributed by atoms with Gasteiger partial charge in [-0.3, -0.25) is 4.21 Å². The zero-order chi connectivity index (χ0) is 12.9. The smallest absolute Gasteiger partial charge is 0.213 e. The van der Waals surface area contributed by atoms with Gasteiger partial charge in [0.05, 0.1) is 5.75 Å². The van der Waals surface area contributed by atoms with E-state index in [1.54, 1.807) is 6.26 Å². The summed E-state index contributed by atoms with van der Waals surface area (Å²) < 4.78 is 37.2. The first-order valence-electron chi connectivity index (χ1n) is 5.92. The average Bonchev–Trinajstić information content (AvgIpc) is 2.65. The summed E-state index contributed by atoms with van der Waals surface area (Å²) in [5.74, 6) is 0.678. The van der Waals surface area contributed by atoms with Gasteiger partial charge >= 0.3 is 0 Å². The molecule has 0 saturated carbocycles. The molecule has 3 atom stereocenters. The summed E-state index contributed by atoms with van der Waals surface area (Å²) in [6, 6.07) is -0.0645. The van der Waals surface area contributed by atoms with Crippen LogP contribution < -0.4 is 10.0 Å². The van der Waals surface area contributed by atoms with Crippen LogP contribution in [0.1, 0.15) is 26.2 Å². The molecule has 1 saturated heterocycles. The Kier molecular flexibility index (Phi) is 6.05. The molecular formula is C10H22N2O3S2. The Hall–Kier alpha value is 0.0200. The first-order chi connectivity index (χ1) is 7.89. The summed E-state index contributed by atoms with van der Waals surface area (Å²) in [6.07, 6.45) is 4.21. The zero-order valence-electron chi connectivity index (χ0n) is 10.4. The van der Waals surface area contributed by atoms with Gasteiger partial charge in [-0.25, -0.2) is 13.1 Å². The van der Waals surface area contributed by atoms with Crippen LogP contribution in [0.25, 0.3) is 0 Å². The van der Waals surface area contributed by atoms with E-state index < -0.39 is 20.8 Å². The van der Waals surface area contributed by atoms with Crippen LogP contribution in [0, 0.1) is 0 Å². The van der Waals surface area contributed by atoms with E-state index in [1.807, 2.05) is 6.92 Å². The lowest BCUT2D eigenvalue weighted by molar-refractivity contribution is 0.542. The van der Waals surface area contributed by atoms with Crippen LogP contribution in [0.5, 0.6) is 0 Å². The predicted octanol–water partition coefficient (Wildman–Crippen LogP) is -0.185. The Morgan fingerprint density at radius 1 is 1.53 bits per heavy atom. The molecule has 0 aromatic carbocycles. The molecule has 1 heterocycles. The summed E-state index contributed by atoms with van der Waals surface area (Å²) in [5, 5.41) is 3.17. The van der Waals surface area contributed by atoms with Crippen molar-refractivity contribution in [1.82, 2.24) is 10.0 Å². The molecule has 1 fully saturated rings. The molecule has 2 N–H and O–H groups in total. The molecule has 0 bridgehead atoms. The van der Waals surface area contributed by atoms with Crippen molar-refractivity contribution in [1.29, 1.82) is 0 Å². The minimum absolute atomic E-state index is 0.0833. The lowest BCUT2D eigenvalue weighted by atomic mass is 10.3. The monoisotopic (exact) mass is 282 g/mol. The van der Waals surface area contributed by atoms with Crippen LogP contribution in [-0.2, 0) is 20.8 Å². The lowest BCUT2D eigenvalue weighted by Gasteiger charge is -2.16. The first-order valence-corrected chi connectivity index (χ1v) is 9.30. The van der Waals surface area contributed by atoms with Gasteiger partial charge in [0.1, 0.15) is 0 Å². The van der Waals surface area contributed by atoms with E-state index in [2.05, 4.69) is 10.0 Å². The van der Waals surface area contributed by atoms with E-state index in [4.69, 9.17) is 0 Å². The molecule has 0 aliphatic carbocycles. The highest BCUT2D eigenvalue weighted by atomic mass is 32.2. The third-order valence-corrected chi connectivity index (χ3v) is 5.22. The number of sulfonamides is 1. The van der Waals surface area contributed by atoms with E-state index in [9.17, 15) is 12.6 Å². The van der Waals surface area contributed by atoms with Gasteiger partial charge in [-0.2, -0.15) is 0 Å². The van der Waals surface area contributed by atoms with Crippen molar-refractivity contribution in [3.63, 3.8) is 0 Å². The molecule has 1 aliphatic heterocycles. The van der Waals surface area contributed by atoms with E-state index in [-0.39, 0.29) is 17.8 Å². The molecule has 17 heavy (non-hydrogen) atoms. The second-order valence-electron chi connectivity index (χ2n) is 4.66. The Balaban J connectivity index is 2.34. The van der Waals surface area contributed by atoms with E-state index in [0.717, 1.165) is 19.4 Å². The van der Waals surface area contributed by atoms with Crippen LogP contribution in [-0.4, -0.2) is 49.0 Å². The van der Waals surface area contributed by atoms with Crippen LogP contribution in [0.4, 0.5) is 0 Å². The highest BCUT2D eigenvalue weighted by Gasteiger charge is 2.23. The van der Waals surface area contributed by atoms with Gasteiger partial charge in [0, 0.05) is 34.9 Å². The lowest BCUT2D eigenvalue weighted by Crippen LogP contribution is -2.40. The summed E-state index contributed by atoms with van der Waals surface area (Å²) in [5.41, 5.74) is 0. The quantitative estimate of drug-likeness (QED) is 0.679. The number of nitrogens with one attached hydrogen (secondary N) is 2. The molecule has 0 spiro atoms. The Labute approximate surface area is 106 Å². The molecule has 102 valence electrons. The SMILES string of the molecule is CC(CCS(C)=O)NS(=O)(=O)CC1CCCN1. The van der Waals surface area contributed by atoms with Gasteiger partial charge < -0.3 is 5.32 Å². The molecule has 7 heteroatoms. The van der Waals surface area contributed by atoms with Gasteiger partial charge in [-0.15, -0.1) is 0 Å². The standard InChI is InChI=1S/C10H22N2O3S2/c1-9(5-7-16(2)13)12-17(14,15)8-10-4-3-6-11-10/h9-12H,3-8H2,1-2H3. The minimum Gasteiger partial charge on any atom is -0.313 e. The van der Waals surface area contributed by atoms with Crippen molar-refractivity contribution in [3.05, 3.63) is 0 Å². The van der Waals surface area contributed by atoms with Crippen molar-refractivity contribution in [2.45, 2.75) is 38.3 Å². The molecule has 0 aromatic heterocycles. The second kappa shape index (κ2) is 6.82. The molecule has 0 radical (unpaired) electrons. The average molecular weight is 282 g/mol. The van der Waals surface area contributed by atoms with E-state index in [1.165, 1.54) is 0 Å². The second-order valence-corrected chi connectivity index (χ2v) is 8.01. The maximum absolute atomic E-state index is 11.8. The van der Waals surface area contributed by atoms with Gasteiger partial charge in [-0.05, 0) is 32.7 Å². The predicted molar refractivity (Wildman–Crippen MR) is 71.0 cm³/mol. The van der Waals surface area contributed by atoms with Crippen LogP contribution >= 0.6 is 0 Å². The molecule has 0 amide bonds. The molecular weight excluding hydrogens is 260 g/mol. The van der Waals surface area contributed by atoms with Gasteiger partial charge in [0.2, 0.25) is 10.0 Å². The summed E-state index contributed by atoms with van der Waals surface area (Å²) in [6.45, 7) is 2.72. The fourth-order valence-electron chi connectivity index (χ4n) is 1.92. The zero-order valence-corrected chi connectivity index (χ0v) is 12.1. The fourth-order valence-corrected chi connectivity index (χ4v) is 4.25. The minimum atomic E-state index is -3.22. The Bertz CT molecular complexity index is 351. The largest absolute Gasteiger partial charge is 0.313 e. The van der Waals surface area contributed by atoms with Crippen LogP contribution in [0.2, 0.25) is 0 Å². The Morgan fingerprint density at radius 2 is 2.24 bits per heavy atom. The van der Waals surface area contributed by atoms with E-state index in [0.29, 0.717) is 12.2 Å². The molecule has 1 aliphatic rings. The number of rotatable bonds is 7. The van der Waals surface area contributed by atoms with Crippen molar-refractivity contribution in [2.24, 2.45) is 0 Å². The van der Waals surface area contributed by atoms with Gasteiger partial charge in [-0.1, -0.05) is 0 Å². The van der Waals surface area contributed by atoms with Gasteiger partial charge in [0.25, 0.3) is 0 Å². The van der Waals surface area contributed by atoms with Crippen LogP contribution in [0.15, 0.2) is 0 Å². The van der Waals surface area contributed by atoms with Crippen molar-refractivity contribution >= 4 is 20.8 Å². The maximum Gasteiger partial charge on any atom is 0.213 e. The number of hydrogen-bond acceptors (Lipinski definition) is 4. The Morgan fingerprint density at radius 3 is 2.76 bits per heavy atom. The van der Waals surface area contributed by atoms with Crippen molar-refractivity contribution < 1.29 is 12.6 Å². The molecule has 0 aromatic rings. The summed E-state index contributed by atoms with van der Waals surface area (Å²) in [7, 11) is -4.09. The molecule has 5 nitrogen and oxygen atoms in total. The highest BCUT2D eigenvalue weighted by molar-refractivity contribution is 7.89. The number of hydrogen-bond donors (Lipinski definition) is 2. The summed E-state index contributed by atoms with van der Waals surface area (Å²) in [4.78, 5) is 0. The molecule has 3 unspecified atom stereocenters. The van der Waals surface area contributed by atoms with E-state index >= 15 is 0 Å². The first kappa shape index (κ1) is 15.1.